The molecule has 0 aliphatic carbocycles. The lowest BCUT2D eigenvalue weighted by Crippen LogP contribution is -2.25. The normalized spacial score (nSPS) is 12.2. The summed E-state index contributed by atoms with van der Waals surface area (Å²) in [6.07, 6.45) is 0. The fourth-order valence-corrected chi connectivity index (χ4v) is 2.79. The van der Waals surface area contributed by atoms with Gasteiger partial charge < -0.3 is 11.1 Å². The Morgan fingerprint density at radius 1 is 1.24 bits per heavy atom. The van der Waals surface area contributed by atoms with Crippen LogP contribution in [0.2, 0.25) is 5.02 Å². The van der Waals surface area contributed by atoms with Gasteiger partial charge in [0.25, 0.3) is 5.69 Å². The number of nitrogens with two attached hydrogens (primary N) is 1. The average Bonchev–Trinajstić information content (AvgIpc) is 2.56. The highest BCUT2D eigenvalue weighted by molar-refractivity contribution is 6.30. The van der Waals surface area contributed by atoms with Gasteiger partial charge in [0.05, 0.1) is 4.92 Å². The first-order chi connectivity index (χ1) is 11.8. The van der Waals surface area contributed by atoms with Crippen LogP contribution in [0.1, 0.15) is 41.4 Å². The molecule has 0 saturated heterocycles. The standard InChI is InChI=1S/C18H20ClN3O3/c1-11(2)17(12-5-7-15(19)8-6-12)21-10-14-4-3-13(18(20)23)9-16(14)22(24)25/h3-9,11,17,21H,10H2,1-2H3,(H2,20,23)/t17-/m0/s1. The number of hydrogen-bond acceptors (Lipinski definition) is 4. The maximum Gasteiger partial charge on any atom is 0.274 e. The van der Waals surface area contributed by atoms with Crippen molar-refractivity contribution in [2.45, 2.75) is 26.4 Å². The number of hydrogen-bond donors (Lipinski definition) is 2. The predicted octanol–water partition coefficient (Wildman–Crippen LogP) is 3.83. The lowest BCUT2D eigenvalue weighted by atomic mass is 9.95. The molecule has 132 valence electrons. The second-order valence-corrected chi connectivity index (χ2v) is 6.56. The Kier molecular flexibility index (Phi) is 6.12. The Balaban J connectivity index is 2.24. The van der Waals surface area contributed by atoms with E-state index in [0.717, 1.165) is 5.56 Å². The van der Waals surface area contributed by atoms with Gasteiger partial charge in [-0.15, -0.1) is 0 Å². The van der Waals surface area contributed by atoms with Gasteiger partial charge in [-0.3, -0.25) is 14.9 Å². The monoisotopic (exact) mass is 361 g/mol. The van der Waals surface area contributed by atoms with Crippen molar-refractivity contribution < 1.29 is 9.72 Å². The molecule has 2 aromatic rings. The lowest BCUT2D eigenvalue weighted by Gasteiger charge is -2.23. The van der Waals surface area contributed by atoms with Crippen molar-refractivity contribution in [3.63, 3.8) is 0 Å². The van der Waals surface area contributed by atoms with E-state index >= 15 is 0 Å². The number of carbonyl (C=O) groups is 1. The van der Waals surface area contributed by atoms with E-state index in [-0.39, 0.29) is 23.2 Å². The van der Waals surface area contributed by atoms with Crippen LogP contribution in [0.3, 0.4) is 0 Å². The van der Waals surface area contributed by atoms with Crippen LogP contribution < -0.4 is 11.1 Å². The van der Waals surface area contributed by atoms with Crippen LogP contribution in [-0.4, -0.2) is 10.8 Å². The molecular formula is C18H20ClN3O3. The summed E-state index contributed by atoms with van der Waals surface area (Å²) in [4.78, 5) is 22.0. The molecule has 0 aliphatic rings. The molecule has 1 atom stereocenters. The largest absolute Gasteiger partial charge is 0.366 e. The number of carbonyl (C=O) groups excluding carboxylic acids is 1. The van der Waals surface area contributed by atoms with Crippen LogP contribution in [0.25, 0.3) is 0 Å². The van der Waals surface area contributed by atoms with Gasteiger partial charge in [0.2, 0.25) is 5.91 Å². The highest BCUT2D eigenvalue weighted by atomic mass is 35.5. The van der Waals surface area contributed by atoms with E-state index in [1.54, 1.807) is 6.07 Å². The SMILES string of the molecule is CC(C)[C@H](NCc1ccc(C(N)=O)cc1[N+](=O)[O-])c1ccc(Cl)cc1. The third kappa shape index (κ3) is 4.78. The van der Waals surface area contributed by atoms with Crippen molar-refractivity contribution in [1.29, 1.82) is 0 Å². The quantitative estimate of drug-likeness (QED) is 0.578. The maximum absolute atomic E-state index is 11.3. The Morgan fingerprint density at radius 2 is 1.88 bits per heavy atom. The van der Waals surface area contributed by atoms with E-state index in [1.807, 2.05) is 24.3 Å². The molecule has 0 bridgehead atoms. The number of nitro benzene ring substituents is 1. The van der Waals surface area contributed by atoms with Crippen molar-refractivity contribution in [2.24, 2.45) is 11.7 Å². The second kappa shape index (κ2) is 8.09. The summed E-state index contributed by atoms with van der Waals surface area (Å²) in [5, 5.41) is 15.3. The number of nitro groups is 1. The number of primary amides is 1. The third-order valence-corrected chi connectivity index (χ3v) is 4.23. The average molecular weight is 362 g/mol. The number of nitrogens with zero attached hydrogens (tertiary/aromatic N) is 1. The fraction of sp³-hybridized carbons (Fsp3) is 0.278. The number of halogens is 1. The molecule has 7 heteroatoms. The minimum absolute atomic E-state index is 0.00712. The molecule has 6 nitrogen and oxygen atoms in total. The molecule has 0 radical (unpaired) electrons. The minimum atomic E-state index is -0.691. The van der Waals surface area contributed by atoms with Crippen molar-refractivity contribution in [3.05, 3.63) is 74.3 Å². The molecule has 2 rings (SSSR count). The van der Waals surface area contributed by atoms with Gasteiger partial charge >= 0.3 is 0 Å². The van der Waals surface area contributed by atoms with Crippen molar-refractivity contribution >= 4 is 23.2 Å². The van der Waals surface area contributed by atoms with Crippen LogP contribution in [-0.2, 0) is 6.54 Å². The molecule has 0 fully saturated rings. The zero-order chi connectivity index (χ0) is 18.6. The van der Waals surface area contributed by atoms with Gasteiger partial charge in [-0.1, -0.05) is 43.6 Å². The Morgan fingerprint density at radius 3 is 2.40 bits per heavy atom. The summed E-state index contributed by atoms with van der Waals surface area (Å²) >= 11 is 5.93. The highest BCUT2D eigenvalue weighted by Crippen LogP contribution is 2.26. The molecule has 0 aliphatic heterocycles. The summed E-state index contributed by atoms with van der Waals surface area (Å²) in [5.41, 5.74) is 6.74. The second-order valence-electron chi connectivity index (χ2n) is 6.12. The number of benzene rings is 2. The van der Waals surface area contributed by atoms with E-state index in [0.29, 0.717) is 17.1 Å². The molecule has 3 N–H and O–H groups in total. The van der Waals surface area contributed by atoms with Crippen LogP contribution in [0.4, 0.5) is 5.69 Å². The van der Waals surface area contributed by atoms with Gasteiger partial charge in [-0.05, 0) is 29.7 Å². The Hall–Kier alpha value is -2.44. The van der Waals surface area contributed by atoms with Crippen molar-refractivity contribution in [2.75, 3.05) is 0 Å². The molecule has 2 aromatic carbocycles. The van der Waals surface area contributed by atoms with E-state index in [2.05, 4.69) is 19.2 Å². The summed E-state index contributed by atoms with van der Waals surface area (Å²) in [5.74, 6) is -0.422. The topological polar surface area (TPSA) is 98.3 Å². The third-order valence-electron chi connectivity index (χ3n) is 3.97. The van der Waals surface area contributed by atoms with Gasteiger partial charge in [0, 0.05) is 34.8 Å². The van der Waals surface area contributed by atoms with Gasteiger partial charge in [-0.2, -0.15) is 0 Å². The van der Waals surface area contributed by atoms with E-state index in [4.69, 9.17) is 17.3 Å². The lowest BCUT2D eigenvalue weighted by molar-refractivity contribution is -0.385. The summed E-state index contributed by atoms with van der Waals surface area (Å²) < 4.78 is 0. The van der Waals surface area contributed by atoms with Crippen molar-refractivity contribution in [3.8, 4) is 0 Å². The van der Waals surface area contributed by atoms with Crippen LogP contribution in [0.5, 0.6) is 0 Å². The summed E-state index contributed by atoms with van der Waals surface area (Å²) in [6.45, 7) is 4.43. The van der Waals surface area contributed by atoms with E-state index < -0.39 is 10.8 Å². The molecule has 0 heterocycles. The number of amides is 1. The molecule has 0 spiro atoms. The predicted molar refractivity (Wildman–Crippen MR) is 97.5 cm³/mol. The summed E-state index contributed by atoms with van der Waals surface area (Å²) in [7, 11) is 0. The van der Waals surface area contributed by atoms with Gasteiger partial charge in [-0.25, -0.2) is 0 Å². The number of rotatable bonds is 7. The zero-order valence-electron chi connectivity index (χ0n) is 14.0. The molecule has 0 aromatic heterocycles. The smallest absolute Gasteiger partial charge is 0.274 e. The first-order valence-electron chi connectivity index (χ1n) is 7.85. The molecule has 25 heavy (non-hydrogen) atoms. The van der Waals surface area contributed by atoms with Gasteiger partial charge in [0.15, 0.2) is 0 Å². The molecular weight excluding hydrogens is 342 g/mol. The first kappa shape index (κ1) is 18.9. The molecule has 1 amide bonds. The summed E-state index contributed by atoms with van der Waals surface area (Å²) in [6, 6.07) is 11.8. The Bertz CT molecular complexity index is 776. The van der Waals surface area contributed by atoms with Gasteiger partial charge in [0.1, 0.15) is 0 Å². The highest BCUT2D eigenvalue weighted by Gasteiger charge is 2.20. The number of nitrogens with one attached hydrogen (secondary N) is 1. The van der Waals surface area contributed by atoms with E-state index in [9.17, 15) is 14.9 Å². The van der Waals surface area contributed by atoms with Crippen LogP contribution >= 0.6 is 11.6 Å². The Labute approximate surface area is 151 Å². The fourth-order valence-electron chi connectivity index (χ4n) is 2.67. The zero-order valence-corrected chi connectivity index (χ0v) is 14.8. The van der Waals surface area contributed by atoms with E-state index in [1.165, 1.54) is 12.1 Å². The first-order valence-corrected chi connectivity index (χ1v) is 8.23. The van der Waals surface area contributed by atoms with Crippen LogP contribution in [0, 0.1) is 16.0 Å². The molecule has 0 unspecified atom stereocenters. The van der Waals surface area contributed by atoms with Crippen molar-refractivity contribution in [1.82, 2.24) is 5.32 Å². The minimum Gasteiger partial charge on any atom is -0.366 e. The molecule has 0 saturated carbocycles. The van der Waals surface area contributed by atoms with Crippen LogP contribution in [0.15, 0.2) is 42.5 Å². The maximum atomic E-state index is 11.3.